The number of rotatable bonds is 5. The van der Waals surface area contributed by atoms with Crippen molar-refractivity contribution in [1.29, 1.82) is 0 Å². The van der Waals surface area contributed by atoms with Crippen LogP contribution in [-0.2, 0) is 4.79 Å². The highest BCUT2D eigenvalue weighted by Gasteiger charge is 2.40. The molecule has 1 N–H and O–H groups in total. The third-order valence-electron chi connectivity index (χ3n) is 4.60. The van der Waals surface area contributed by atoms with Crippen LogP contribution < -0.4 is 9.47 Å². The number of carbonyl (C=O) groups is 1. The summed E-state index contributed by atoms with van der Waals surface area (Å²) in [4.78, 5) is 14.1. The van der Waals surface area contributed by atoms with Gasteiger partial charge in [0.05, 0.1) is 11.6 Å². The second-order valence-electron chi connectivity index (χ2n) is 6.73. The van der Waals surface area contributed by atoms with E-state index in [9.17, 15) is 14.3 Å². The van der Waals surface area contributed by atoms with Crippen LogP contribution in [-0.4, -0.2) is 47.3 Å². The molecule has 0 bridgehead atoms. The number of para-hydroxylation sites is 1. The largest absolute Gasteiger partial charge is 0.486 e. The van der Waals surface area contributed by atoms with Crippen LogP contribution in [0.1, 0.15) is 13.3 Å². The zero-order valence-corrected chi connectivity index (χ0v) is 15.7. The molecule has 1 saturated heterocycles. The molecule has 0 unspecified atom stereocenters. The Morgan fingerprint density at radius 2 is 2.04 bits per heavy atom. The van der Waals surface area contributed by atoms with Gasteiger partial charge in [0.1, 0.15) is 29.0 Å². The summed E-state index contributed by atoms with van der Waals surface area (Å²) in [5.41, 5.74) is -1.04. The second kappa shape index (κ2) is 8.15. The quantitative estimate of drug-likeness (QED) is 0.846. The summed E-state index contributed by atoms with van der Waals surface area (Å²) in [5, 5.41) is 10.6. The highest BCUT2D eigenvalue weighted by Crippen LogP contribution is 2.27. The summed E-state index contributed by atoms with van der Waals surface area (Å²) in [6.07, 6.45) is -0.170. The number of halogens is 2. The first kappa shape index (κ1) is 19.5. The smallest absolute Gasteiger partial charge is 0.260 e. The van der Waals surface area contributed by atoms with Crippen molar-refractivity contribution in [2.24, 2.45) is 0 Å². The van der Waals surface area contributed by atoms with E-state index in [0.717, 1.165) is 0 Å². The van der Waals surface area contributed by atoms with Crippen molar-refractivity contribution in [3.8, 4) is 11.5 Å². The molecule has 0 radical (unpaired) electrons. The first-order chi connectivity index (χ1) is 12.8. The van der Waals surface area contributed by atoms with Crippen LogP contribution in [0, 0.1) is 5.82 Å². The van der Waals surface area contributed by atoms with Crippen LogP contribution in [0.25, 0.3) is 0 Å². The minimum absolute atomic E-state index is 0.0645. The number of nitrogens with zero attached hydrogens (tertiary/aromatic N) is 1. The number of ether oxygens (including phenoxy) is 2. The third-order valence-corrected chi connectivity index (χ3v) is 4.88. The molecular weight excluding hydrogens is 373 g/mol. The SMILES string of the molecule is C[C@]1(O)CCN(C(=O)COc2ccc(F)c(Cl)c2)C[C@@H]1Oc1ccccc1. The molecule has 2 aromatic carbocycles. The molecule has 0 spiro atoms. The molecule has 144 valence electrons. The maximum atomic E-state index is 13.2. The average molecular weight is 394 g/mol. The number of carbonyl (C=O) groups excluding carboxylic acids is 1. The van der Waals surface area contributed by atoms with Crippen molar-refractivity contribution in [3.63, 3.8) is 0 Å². The molecule has 27 heavy (non-hydrogen) atoms. The minimum Gasteiger partial charge on any atom is -0.486 e. The Bertz CT molecular complexity index is 800. The molecule has 5 nitrogen and oxygen atoms in total. The molecule has 1 aliphatic heterocycles. The molecular formula is C20H21ClFNO4. The lowest BCUT2D eigenvalue weighted by atomic mass is 9.90. The fraction of sp³-hybridized carbons (Fsp3) is 0.350. The van der Waals surface area contributed by atoms with Crippen LogP contribution in [0.15, 0.2) is 48.5 Å². The van der Waals surface area contributed by atoms with Crippen molar-refractivity contribution in [3.05, 3.63) is 59.4 Å². The van der Waals surface area contributed by atoms with Gasteiger partial charge in [-0.05, 0) is 37.6 Å². The van der Waals surface area contributed by atoms with Crippen LogP contribution in [0.4, 0.5) is 4.39 Å². The van der Waals surface area contributed by atoms with Gasteiger partial charge in [-0.2, -0.15) is 0 Å². The molecule has 0 aromatic heterocycles. The van der Waals surface area contributed by atoms with Gasteiger partial charge in [-0.3, -0.25) is 4.79 Å². The Labute approximate surface area is 162 Å². The summed E-state index contributed by atoms with van der Waals surface area (Å²) < 4.78 is 24.5. The Morgan fingerprint density at radius 3 is 2.74 bits per heavy atom. The van der Waals surface area contributed by atoms with E-state index in [1.807, 2.05) is 18.2 Å². The maximum Gasteiger partial charge on any atom is 0.260 e. The zero-order chi connectivity index (χ0) is 19.4. The van der Waals surface area contributed by atoms with Crippen LogP contribution >= 0.6 is 11.6 Å². The van der Waals surface area contributed by atoms with Crippen LogP contribution in [0.2, 0.25) is 5.02 Å². The topological polar surface area (TPSA) is 59.0 Å². The van der Waals surface area contributed by atoms with E-state index in [-0.39, 0.29) is 24.1 Å². The summed E-state index contributed by atoms with van der Waals surface area (Å²) in [7, 11) is 0. The number of piperidine rings is 1. The normalized spacial score (nSPS) is 22.4. The number of benzene rings is 2. The third kappa shape index (κ3) is 4.90. The highest BCUT2D eigenvalue weighted by molar-refractivity contribution is 6.30. The van der Waals surface area contributed by atoms with Gasteiger partial charge in [-0.1, -0.05) is 29.8 Å². The molecule has 2 atom stereocenters. The van der Waals surface area contributed by atoms with E-state index in [1.54, 1.807) is 24.0 Å². The molecule has 0 saturated carbocycles. The van der Waals surface area contributed by atoms with E-state index in [2.05, 4.69) is 0 Å². The van der Waals surface area contributed by atoms with Gasteiger partial charge in [0.2, 0.25) is 0 Å². The van der Waals surface area contributed by atoms with Gasteiger partial charge in [-0.15, -0.1) is 0 Å². The molecule has 1 heterocycles. The highest BCUT2D eigenvalue weighted by atomic mass is 35.5. The Kier molecular flexibility index (Phi) is 5.87. The number of likely N-dealkylation sites (tertiary alicyclic amines) is 1. The van der Waals surface area contributed by atoms with E-state index >= 15 is 0 Å². The number of hydrogen-bond donors (Lipinski definition) is 1. The van der Waals surface area contributed by atoms with Crippen LogP contribution in [0.3, 0.4) is 0 Å². The van der Waals surface area contributed by atoms with Crippen molar-refractivity contribution >= 4 is 17.5 Å². The first-order valence-electron chi connectivity index (χ1n) is 8.65. The van der Waals surface area contributed by atoms with E-state index < -0.39 is 17.5 Å². The van der Waals surface area contributed by atoms with Gasteiger partial charge < -0.3 is 19.5 Å². The van der Waals surface area contributed by atoms with E-state index in [1.165, 1.54) is 18.2 Å². The molecule has 1 aliphatic rings. The zero-order valence-electron chi connectivity index (χ0n) is 14.9. The summed E-state index contributed by atoms with van der Waals surface area (Å²) in [6.45, 7) is 2.14. The first-order valence-corrected chi connectivity index (χ1v) is 9.03. The Morgan fingerprint density at radius 1 is 1.30 bits per heavy atom. The fourth-order valence-corrected chi connectivity index (χ4v) is 3.04. The molecule has 2 aromatic rings. The second-order valence-corrected chi connectivity index (χ2v) is 7.14. The van der Waals surface area contributed by atoms with E-state index in [4.69, 9.17) is 21.1 Å². The van der Waals surface area contributed by atoms with Crippen molar-refractivity contribution < 1.29 is 23.8 Å². The number of aliphatic hydroxyl groups is 1. The van der Waals surface area contributed by atoms with Gasteiger partial charge in [0.25, 0.3) is 5.91 Å². The van der Waals surface area contributed by atoms with Gasteiger partial charge in [-0.25, -0.2) is 4.39 Å². The molecule has 1 fully saturated rings. The van der Waals surface area contributed by atoms with Gasteiger partial charge >= 0.3 is 0 Å². The predicted molar refractivity (Wildman–Crippen MR) is 99.6 cm³/mol. The lowest BCUT2D eigenvalue weighted by Gasteiger charge is -2.42. The lowest BCUT2D eigenvalue weighted by Crippen LogP contribution is -2.58. The van der Waals surface area contributed by atoms with Crippen LogP contribution in [0.5, 0.6) is 11.5 Å². The lowest BCUT2D eigenvalue weighted by molar-refractivity contribution is -0.145. The fourth-order valence-electron chi connectivity index (χ4n) is 2.87. The molecule has 1 amide bonds. The minimum atomic E-state index is -1.04. The van der Waals surface area contributed by atoms with Gasteiger partial charge in [0, 0.05) is 12.6 Å². The van der Waals surface area contributed by atoms with Crippen molar-refractivity contribution in [1.82, 2.24) is 4.90 Å². The summed E-state index contributed by atoms with van der Waals surface area (Å²) in [6, 6.07) is 13.1. The van der Waals surface area contributed by atoms with Gasteiger partial charge in [0.15, 0.2) is 6.61 Å². The number of hydrogen-bond acceptors (Lipinski definition) is 4. The average Bonchev–Trinajstić information content (AvgIpc) is 2.65. The maximum absolute atomic E-state index is 13.2. The van der Waals surface area contributed by atoms with E-state index in [0.29, 0.717) is 24.5 Å². The molecule has 7 heteroatoms. The predicted octanol–water partition coefficient (Wildman–Crippen LogP) is 3.29. The molecule has 3 rings (SSSR count). The summed E-state index contributed by atoms with van der Waals surface area (Å²) in [5.74, 6) is 0.159. The Hall–Kier alpha value is -2.31. The van der Waals surface area contributed by atoms with Crippen molar-refractivity contribution in [2.75, 3.05) is 19.7 Å². The standard InChI is InChI=1S/C20H21ClFNO4/c1-20(25)9-10-23(12-18(20)27-14-5-3-2-4-6-14)19(24)13-26-15-7-8-17(22)16(21)11-15/h2-8,11,18,25H,9-10,12-13H2,1H3/t18-,20-/m0/s1. The monoisotopic (exact) mass is 393 g/mol. The van der Waals surface area contributed by atoms with Crippen molar-refractivity contribution in [2.45, 2.75) is 25.0 Å². The Balaban J connectivity index is 1.60. The summed E-state index contributed by atoms with van der Waals surface area (Å²) >= 11 is 5.71. The number of amides is 1. The molecule has 0 aliphatic carbocycles.